The van der Waals surface area contributed by atoms with E-state index >= 15 is 0 Å². The Labute approximate surface area is 203 Å². The van der Waals surface area contributed by atoms with E-state index in [1.165, 1.54) is 0 Å². The molecule has 0 saturated carbocycles. The average molecular weight is 475 g/mol. The number of hydrogen-bond acceptors (Lipinski definition) is 7. The van der Waals surface area contributed by atoms with E-state index in [0.29, 0.717) is 26.4 Å². The fraction of sp³-hybridized carbons (Fsp3) is 0.556. The third kappa shape index (κ3) is 7.50. The van der Waals surface area contributed by atoms with Crippen molar-refractivity contribution in [2.75, 3.05) is 34.5 Å². The molecule has 1 fully saturated rings. The van der Waals surface area contributed by atoms with Gasteiger partial charge in [-0.2, -0.15) is 0 Å². The summed E-state index contributed by atoms with van der Waals surface area (Å²) < 4.78 is 41.7. The molecule has 0 radical (unpaired) electrons. The first-order chi connectivity index (χ1) is 16.7. The van der Waals surface area contributed by atoms with Gasteiger partial charge in [0.2, 0.25) is 0 Å². The lowest BCUT2D eigenvalue weighted by Crippen LogP contribution is -2.61. The molecule has 1 aliphatic rings. The van der Waals surface area contributed by atoms with Gasteiger partial charge in [0.05, 0.1) is 26.9 Å². The van der Waals surface area contributed by atoms with Crippen LogP contribution in [-0.4, -0.2) is 65.2 Å². The van der Waals surface area contributed by atoms with Crippen LogP contribution in [0.2, 0.25) is 0 Å². The molecule has 0 N–H and O–H groups in total. The Morgan fingerprint density at radius 1 is 0.765 bits per heavy atom. The van der Waals surface area contributed by atoms with Gasteiger partial charge >= 0.3 is 0 Å². The summed E-state index contributed by atoms with van der Waals surface area (Å²) in [5, 5.41) is 0. The number of hydrogen-bond donors (Lipinski definition) is 0. The fourth-order valence-corrected chi connectivity index (χ4v) is 3.99. The summed E-state index contributed by atoms with van der Waals surface area (Å²) in [5.41, 5.74) is 2.12. The predicted molar refractivity (Wildman–Crippen MR) is 129 cm³/mol. The maximum Gasteiger partial charge on any atom is 0.186 e. The van der Waals surface area contributed by atoms with E-state index in [4.69, 9.17) is 33.2 Å². The van der Waals surface area contributed by atoms with Crippen molar-refractivity contribution in [2.45, 2.75) is 63.7 Å². The summed E-state index contributed by atoms with van der Waals surface area (Å²) in [4.78, 5) is 0. The SMILES string of the molecule is CCCCOC1OC(COCc2ccccc2)C(OCc2ccc(OC)cc2)C(OC)C1OC. The first-order valence-corrected chi connectivity index (χ1v) is 11.9. The van der Waals surface area contributed by atoms with E-state index in [-0.39, 0.29) is 12.2 Å². The van der Waals surface area contributed by atoms with Gasteiger partial charge in [0.25, 0.3) is 0 Å². The maximum absolute atomic E-state index is 6.36. The van der Waals surface area contributed by atoms with Gasteiger partial charge < -0.3 is 33.2 Å². The Kier molecular flexibility index (Phi) is 11.3. The van der Waals surface area contributed by atoms with Gasteiger partial charge in [0.1, 0.15) is 30.2 Å². The second-order valence-electron chi connectivity index (χ2n) is 8.29. The van der Waals surface area contributed by atoms with Gasteiger partial charge in [-0.1, -0.05) is 55.8 Å². The zero-order chi connectivity index (χ0) is 24.2. The highest BCUT2D eigenvalue weighted by Crippen LogP contribution is 2.29. The van der Waals surface area contributed by atoms with Crippen LogP contribution >= 0.6 is 0 Å². The number of unbranched alkanes of at least 4 members (excludes halogenated alkanes) is 1. The zero-order valence-electron chi connectivity index (χ0n) is 20.7. The van der Waals surface area contributed by atoms with Crippen molar-refractivity contribution in [3.63, 3.8) is 0 Å². The Morgan fingerprint density at radius 3 is 2.12 bits per heavy atom. The first kappa shape index (κ1) is 26.6. The molecule has 1 saturated heterocycles. The van der Waals surface area contributed by atoms with Crippen LogP contribution in [0.3, 0.4) is 0 Å². The fourth-order valence-electron chi connectivity index (χ4n) is 3.99. The average Bonchev–Trinajstić information content (AvgIpc) is 2.88. The molecule has 1 heterocycles. The lowest BCUT2D eigenvalue weighted by molar-refractivity contribution is -0.318. The minimum absolute atomic E-state index is 0.339. The summed E-state index contributed by atoms with van der Waals surface area (Å²) in [6.07, 6.45) is -0.172. The molecule has 7 nitrogen and oxygen atoms in total. The van der Waals surface area contributed by atoms with Crippen molar-refractivity contribution >= 4 is 0 Å². The highest BCUT2D eigenvalue weighted by molar-refractivity contribution is 5.26. The molecule has 5 unspecified atom stereocenters. The Balaban J connectivity index is 1.71. The van der Waals surface area contributed by atoms with Crippen molar-refractivity contribution in [1.29, 1.82) is 0 Å². The second kappa shape index (κ2) is 14.4. The molecule has 7 heteroatoms. The molecule has 1 aliphatic heterocycles. The predicted octanol–water partition coefficient (Wildman–Crippen LogP) is 4.37. The molecule has 0 aromatic heterocycles. The van der Waals surface area contributed by atoms with Crippen LogP contribution < -0.4 is 4.74 Å². The highest BCUT2D eigenvalue weighted by atomic mass is 16.7. The zero-order valence-corrected chi connectivity index (χ0v) is 20.7. The van der Waals surface area contributed by atoms with Crippen LogP contribution in [0.4, 0.5) is 0 Å². The molecule has 2 aromatic rings. The van der Waals surface area contributed by atoms with Crippen LogP contribution in [0.15, 0.2) is 54.6 Å². The van der Waals surface area contributed by atoms with Gasteiger partial charge in [-0.25, -0.2) is 0 Å². The van der Waals surface area contributed by atoms with E-state index in [1.807, 2.05) is 54.6 Å². The van der Waals surface area contributed by atoms with E-state index in [0.717, 1.165) is 29.7 Å². The van der Waals surface area contributed by atoms with Crippen LogP contribution in [0.25, 0.3) is 0 Å². The minimum Gasteiger partial charge on any atom is -0.497 e. The van der Waals surface area contributed by atoms with Crippen molar-refractivity contribution in [1.82, 2.24) is 0 Å². The van der Waals surface area contributed by atoms with Gasteiger partial charge in [0, 0.05) is 20.8 Å². The van der Waals surface area contributed by atoms with Crippen LogP contribution in [0, 0.1) is 0 Å². The topological polar surface area (TPSA) is 64.6 Å². The molecule has 0 bridgehead atoms. The van der Waals surface area contributed by atoms with E-state index in [2.05, 4.69) is 6.92 Å². The normalized spacial score (nSPS) is 24.8. The molecule has 3 rings (SSSR count). The van der Waals surface area contributed by atoms with Gasteiger partial charge in [-0.15, -0.1) is 0 Å². The monoisotopic (exact) mass is 474 g/mol. The molecule has 0 amide bonds. The quantitative estimate of drug-likeness (QED) is 0.377. The lowest BCUT2D eigenvalue weighted by atomic mass is 9.98. The Morgan fingerprint density at radius 2 is 1.47 bits per heavy atom. The van der Waals surface area contributed by atoms with Crippen molar-refractivity contribution in [3.8, 4) is 5.75 Å². The molecule has 188 valence electrons. The summed E-state index contributed by atoms with van der Waals surface area (Å²) in [6, 6.07) is 17.9. The van der Waals surface area contributed by atoms with Gasteiger partial charge in [0.15, 0.2) is 6.29 Å². The largest absolute Gasteiger partial charge is 0.497 e. The molecule has 5 atom stereocenters. The first-order valence-electron chi connectivity index (χ1n) is 11.9. The smallest absolute Gasteiger partial charge is 0.186 e. The van der Waals surface area contributed by atoms with Crippen molar-refractivity contribution in [3.05, 3.63) is 65.7 Å². The van der Waals surface area contributed by atoms with Crippen molar-refractivity contribution < 1.29 is 33.2 Å². The number of benzene rings is 2. The third-order valence-corrected chi connectivity index (χ3v) is 5.91. The molecular weight excluding hydrogens is 436 g/mol. The molecule has 2 aromatic carbocycles. The van der Waals surface area contributed by atoms with E-state index in [9.17, 15) is 0 Å². The Bertz CT molecular complexity index is 798. The standard InChI is InChI=1S/C27H38O7/c1-5-6-16-32-27-26(30-4)25(29-3)24(33-18-21-12-14-22(28-2)15-13-21)23(34-27)19-31-17-20-10-8-7-9-11-20/h7-15,23-27H,5-6,16-19H2,1-4H3. The maximum atomic E-state index is 6.36. The lowest BCUT2D eigenvalue weighted by Gasteiger charge is -2.45. The minimum atomic E-state index is -0.562. The highest BCUT2D eigenvalue weighted by Gasteiger charge is 2.48. The molecular formula is C27H38O7. The third-order valence-electron chi connectivity index (χ3n) is 5.91. The van der Waals surface area contributed by atoms with E-state index < -0.39 is 18.5 Å². The van der Waals surface area contributed by atoms with Gasteiger partial charge in [-0.3, -0.25) is 0 Å². The summed E-state index contributed by atoms with van der Waals surface area (Å²) >= 11 is 0. The number of ether oxygens (including phenoxy) is 7. The van der Waals surface area contributed by atoms with Gasteiger partial charge in [-0.05, 0) is 29.7 Å². The number of methoxy groups -OCH3 is 3. The molecule has 0 aliphatic carbocycles. The van der Waals surface area contributed by atoms with E-state index in [1.54, 1.807) is 21.3 Å². The van der Waals surface area contributed by atoms with Crippen LogP contribution in [0.5, 0.6) is 5.75 Å². The van der Waals surface area contributed by atoms with Crippen LogP contribution in [0.1, 0.15) is 30.9 Å². The van der Waals surface area contributed by atoms with Crippen LogP contribution in [-0.2, 0) is 41.6 Å². The second-order valence-corrected chi connectivity index (χ2v) is 8.29. The molecule has 0 spiro atoms. The summed E-state index contributed by atoms with van der Waals surface area (Å²) in [6.45, 7) is 3.93. The molecule has 34 heavy (non-hydrogen) atoms. The Hall–Kier alpha value is -2.00. The summed E-state index contributed by atoms with van der Waals surface area (Å²) in [5.74, 6) is 0.804. The number of rotatable bonds is 14. The van der Waals surface area contributed by atoms with Crippen molar-refractivity contribution in [2.24, 2.45) is 0 Å². The summed E-state index contributed by atoms with van der Waals surface area (Å²) in [7, 11) is 4.96.